The number of thioether (sulfide) groups is 1. The number of hydrogen-bond acceptors (Lipinski definition) is 5. The zero-order valence-electron chi connectivity index (χ0n) is 6.21. The molecule has 0 aliphatic heterocycles. The Bertz CT molecular complexity index is 264. The number of nitrogens with two attached hydrogens (primary N) is 1. The Kier molecular flexibility index (Phi) is 3.34. The highest BCUT2D eigenvalue weighted by Crippen LogP contribution is 2.09. The maximum atomic E-state index is 8.22. The van der Waals surface area contributed by atoms with E-state index < -0.39 is 0 Å². The molecule has 0 aliphatic carbocycles. The van der Waals surface area contributed by atoms with Crippen LogP contribution in [0.4, 0.5) is 0 Å². The molecule has 1 heterocycles. The molecule has 0 spiro atoms. The molecule has 12 heavy (non-hydrogen) atoms. The largest absolute Gasteiger partial charge is 0.409 e. The van der Waals surface area contributed by atoms with Crippen LogP contribution in [-0.4, -0.2) is 26.8 Å². The average Bonchev–Trinajstić information content (AvgIpc) is 2.16. The van der Waals surface area contributed by atoms with Gasteiger partial charge in [0.15, 0.2) is 5.16 Å². The van der Waals surface area contributed by atoms with Crippen molar-refractivity contribution in [2.24, 2.45) is 10.9 Å². The van der Waals surface area contributed by atoms with Crippen molar-refractivity contribution in [1.29, 1.82) is 0 Å². The minimum absolute atomic E-state index is 0.160. The van der Waals surface area contributed by atoms with E-state index in [0.29, 0.717) is 10.9 Å². The van der Waals surface area contributed by atoms with Crippen LogP contribution in [0.5, 0.6) is 0 Å². The third-order valence-electron chi connectivity index (χ3n) is 1.02. The Morgan fingerprint density at radius 2 is 2.25 bits per heavy atom. The first-order chi connectivity index (χ1) is 5.83. The van der Waals surface area contributed by atoms with Crippen molar-refractivity contribution in [2.75, 3.05) is 5.75 Å². The second-order valence-corrected chi connectivity index (χ2v) is 2.85. The summed E-state index contributed by atoms with van der Waals surface area (Å²) in [6.45, 7) is 0. The van der Waals surface area contributed by atoms with E-state index in [0.717, 1.165) is 0 Å². The molecule has 1 rings (SSSR count). The minimum Gasteiger partial charge on any atom is -0.409 e. The molecule has 6 heteroatoms. The lowest BCUT2D eigenvalue weighted by Crippen LogP contribution is -2.14. The van der Waals surface area contributed by atoms with Gasteiger partial charge in [0.05, 0.1) is 5.75 Å². The molecule has 64 valence electrons. The maximum Gasteiger partial charge on any atom is 0.187 e. The van der Waals surface area contributed by atoms with Gasteiger partial charge in [0.25, 0.3) is 0 Å². The molecule has 3 N–H and O–H groups in total. The summed E-state index contributed by atoms with van der Waals surface area (Å²) in [6.07, 6.45) is 3.28. The topological polar surface area (TPSA) is 84.4 Å². The van der Waals surface area contributed by atoms with Crippen molar-refractivity contribution >= 4 is 17.6 Å². The van der Waals surface area contributed by atoms with Crippen LogP contribution in [0.1, 0.15) is 0 Å². The quantitative estimate of drug-likeness (QED) is 0.176. The Hall–Kier alpha value is -1.30. The molecule has 1 aromatic rings. The minimum atomic E-state index is 0.160. The molecule has 1 aromatic heterocycles. The zero-order valence-corrected chi connectivity index (χ0v) is 7.03. The summed E-state index contributed by atoms with van der Waals surface area (Å²) >= 11 is 1.32. The molecular formula is C6H8N4OS. The van der Waals surface area contributed by atoms with Gasteiger partial charge in [-0.3, -0.25) is 0 Å². The summed E-state index contributed by atoms with van der Waals surface area (Å²) in [5, 5.41) is 11.7. The molecule has 0 fully saturated rings. The van der Waals surface area contributed by atoms with Crippen molar-refractivity contribution in [3.63, 3.8) is 0 Å². The monoisotopic (exact) mass is 184 g/mol. The van der Waals surface area contributed by atoms with Gasteiger partial charge < -0.3 is 10.9 Å². The number of hydrogen-bond donors (Lipinski definition) is 2. The second-order valence-electron chi connectivity index (χ2n) is 1.91. The van der Waals surface area contributed by atoms with Crippen molar-refractivity contribution in [3.05, 3.63) is 18.5 Å². The van der Waals surface area contributed by atoms with Gasteiger partial charge >= 0.3 is 0 Å². The first-order valence-corrected chi connectivity index (χ1v) is 4.17. The lowest BCUT2D eigenvalue weighted by molar-refractivity contribution is 0.318. The first kappa shape index (κ1) is 8.79. The van der Waals surface area contributed by atoms with Crippen molar-refractivity contribution in [3.8, 4) is 0 Å². The van der Waals surface area contributed by atoms with Gasteiger partial charge in [0.2, 0.25) is 0 Å². The Labute approximate surface area is 73.7 Å². The predicted octanol–water partition coefficient (Wildman–Crippen LogP) is 0.315. The number of rotatable bonds is 3. The number of aromatic nitrogens is 2. The van der Waals surface area contributed by atoms with Gasteiger partial charge in [0.1, 0.15) is 5.84 Å². The van der Waals surface area contributed by atoms with Crippen molar-refractivity contribution in [1.82, 2.24) is 9.97 Å². The van der Waals surface area contributed by atoms with Crippen LogP contribution in [0.25, 0.3) is 0 Å². The third-order valence-corrected chi connectivity index (χ3v) is 1.93. The summed E-state index contributed by atoms with van der Waals surface area (Å²) in [5.41, 5.74) is 5.24. The Morgan fingerprint density at radius 3 is 2.83 bits per heavy atom. The van der Waals surface area contributed by atoms with Crippen LogP contribution < -0.4 is 5.73 Å². The van der Waals surface area contributed by atoms with E-state index in [2.05, 4.69) is 15.1 Å². The molecule has 0 amide bonds. The van der Waals surface area contributed by atoms with Crippen LogP contribution in [0.15, 0.2) is 28.8 Å². The fourth-order valence-electron chi connectivity index (χ4n) is 0.527. The van der Waals surface area contributed by atoms with Gasteiger partial charge in [-0.2, -0.15) is 0 Å². The van der Waals surface area contributed by atoms with Crippen LogP contribution >= 0.6 is 11.8 Å². The molecule has 0 unspecified atom stereocenters. The standard InChI is InChI=1S/C6H8N4OS/c7-5(10-11)4-12-6-8-2-1-3-9-6/h1-3,11H,4H2,(H2,7,10). The highest BCUT2D eigenvalue weighted by atomic mass is 32.2. The van der Waals surface area contributed by atoms with Gasteiger partial charge in [-0.05, 0) is 6.07 Å². The summed E-state index contributed by atoms with van der Waals surface area (Å²) in [7, 11) is 0. The van der Waals surface area contributed by atoms with Gasteiger partial charge in [-0.15, -0.1) is 0 Å². The van der Waals surface area contributed by atoms with E-state index in [1.807, 2.05) is 0 Å². The van der Waals surface area contributed by atoms with Gasteiger partial charge in [-0.1, -0.05) is 16.9 Å². The molecular weight excluding hydrogens is 176 g/mol. The summed E-state index contributed by atoms with van der Waals surface area (Å²) < 4.78 is 0. The van der Waals surface area contributed by atoms with Crippen LogP contribution in [0.2, 0.25) is 0 Å². The average molecular weight is 184 g/mol. The number of nitrogens with zero attached hydrogens (tertiary/aromatic N) is 3. The third kappa shape index (κ3) is 2.75. The SMILES string of the molecule is N/C(CSc1ncccn1)=N\O. The highest BCUT2D eigenvalue weighted by molar-refractivity contribution is 7.99. The van der Waals surface area contributed by atoms with Crippen LogP contribution in [0.3, 0.4) is 0 Å². The Balaban J connectivity index is 2.44. The van der Waals surface area contributed by atoms with Crippen molar-refractivity contribution in [2.45, 2.75) is 5.16 Å². The normalized spacial score (nSPS) is 11.5. The summed E-state index contributed by atoms with van der Waals surface area (Å²) in [4.78, 5) is 7.89. The second kappa shape index (κ2) is 4.55. The van der Waals surface area contributed by atoms with E-state index in [1.165, 1.54) is 11.8 Å². The summed E-state index contributed by atoms with van der Waals surface area (Å²) in [5.74, 6) is 0.549. The molecule has 0 saturated carbocycles. The molecule has 0 aliphatic rings. The maximum absolute atomic E-state index is 8.22. The molecule has 0 radical (unpaired) electrons. The Morgan fingerprint density at radius 1 is 1.58 bits per heavy atom. The van der Waals surface area contributed by atoms with E-state index >= 15 is 0 Å². The lowest BCUT2D eigenvalue weighted by Gasteiger charge is -1.96. The molecule has 5 nitrogen and oxygen atoms in total. The molecule has 0 saturated heterocycles. The van der Waals surface area contributed by atoms with Crippen LogP contribution in [-0.2, 0) is 0 Å². The molecule has 0 aromatic carbocycles. The highest BCUT2D eigenvalue weighted by Gasteiger charge is 1.97. The fourth-order valence-corrected chi connectivity index (χ4v) is 1.13. The van der Waals surface area contributed by atoms with Gasteiger partial charge in [-0.25, -0.2) is 9.97 Å². The van der Waals surface area contributed by atoms with Gasteiger partial charge in [0, 0.05) is 12.4 Å². The van der Waals surface area contributed by atoms with Crippen molar-refractivity contribution < 1.29 is 5.21 Å². The smallest absolute Gasteiger partial charge is 0.187 e. The van der Waals surface area contributed by atoms with E-state index in [1.54, 1.807) is 18.5 Å². The lowest BCUT2D eigenvalue weighted by atomic mass is 10.7. The van der Waals surface area contributed by atoms with E-state index in [-0.39, 0.29) is 5.84 Å². The van der Waals surface area contributed by atoms with Crippen LogP contribution in [0, 0.1) is 0 Å². The zero-order chi connectivity index (χ0) is 8.81. The van der Waals surface area contributed by atoms with E-state index in [9.17, 15) is 0 Å². The molecule has 0 bridgehead atoms. The number of oxime groups is 1. The fraction of sp³-hybridized carbons (Fsp3) is 0.167. The molecule has 0 atom stereocenters. The predicted molar refractivity (Wildman–Crippen MR) is 46.2 cm³/mol. The summed E-state index contributed by atoms with van der Waals surface area (Å²) in [6, 6.07) is 1.73. The first-order valence-electron chi connectivity index (χ1n) is 3.19. The van der Waals surface area contributed by atoms with E-state index in [4.69, 9.17) is 10.9 Å². The number of amidine groups is 1.